The van der Waals surface area contributed by atoms with Gasteiger partial charge in [0.25, 0.3) is 0 Å². The van der Waals surface area contributed by atoms with Crippen LogP contribution in [0.25, 0.3) is 0 Å². The van der Waals surface area contributed by atoms with Gasteiger partial charge in [0.15, 0.2) is 0 Å². The molecule has 1 aliphatic rings. The van der Waals surface area contributed by atoms with E-state index in [9.17, 15) is 0 Å². The fourth-order valence-corrected chi connectivity index (χ4v) is 2.73. The van der Waals surface area contributed by atoms with E-state index in [1.807, 2.05) is 0 Å². The summed E-state index contributed by atoms with van der Waals surface area (Å²) in [6.45, 7) is 2.18. The largest absolute Gasteiger partial charge is 0.384 e. The highest BCUT2D eigenvalue weighted by molar-refractivity contribution is 5.38. The Kier molecular flexibility index (Phi) is 3.52. The lowest BCUT2D eigenvalue weighted by Crippen LogP contribution is -2.11. The number of rotatable bonds is 3. The molecule has 1 saturated carbocycles. The number of nitrogen functional groups attached to an aromatic ring is 1. The quantitative estimate of drug-likeness (QED) is 0.852. The standard InChI is InChI=1S/C13H23N3/c1-3-7-11-12(14)16(2)13(15-11)10-8-5-4-6-9-10/h10H,3-9,14H2,1-2H3. The average Bonchev–Trinajstić information content (AvgIpc) is 2.59. The van der Waals surface area contributed by atoms with Crippen molar-refractivity contribution in [3.8, 4) is 0 Å². The first-order valence-corrected chi connectivity index (χ1v) is 6.55. The van der Waals surface area contributed by atoms with Crippen LogP contribution >= 0.6 is 0 Å². The van der Waals surface area contributed by atoms with Crippen molar-refractivity contribution in [1.82, 2.24) is 9.55 Å². The minimum absolute atomic E-state index is 0.645. The summed E-state index contributed by atoms with van der Waals surface area (Å²) in [6, 6.07) is 0. The maximum absolute atomic E-state index is 6.10. The van der Waals surface area contributed by atoms with Crippen molar-refractivity contribution < 1.29 is 0 Å². The second-order valence-electron chi connectivity index (χ2n) is 4.95. The fourth-order valence-electron chi connectivity index (χ4n) is 2.73. The minimum Gasteiger partial charge on any atom is -0.384 e. The molecule has 1 aromatic heterocycles. The molecule has 1 heterocycles. The molecular weight excluding hydrogens is 198 g/mol. The third-order valence-electron chi connectivity index (χ3n) is 3.71. The predicted molar refractivity (Wildman–Crippen MR) is 67.4 cm³/mol. The van der Waals surface area contributed by atoms with Crippen LogP contribution < -0.4 is 5.73 Å². The molecular formula is C13H23N3. The smallest absolute Gasteiger partial charge is 0.126 e. The number of nitrogens with zero attached hydrogens (tertiary/aromatic N) is 2. The second-order valence-corrected chi connectivity index (χ2v) is 4.95. The summed E-state index contributed by atoms with van der Waals surface area (Å²) in [5.41, 5.74) is 7.20. The number of nitrogens with two attached hydrogens (primary N) is 1. The van der Waals surface area contributed by atoms with Crippen molar-refractivity contribution in [2.45, 2.75) is 57.8 Å². The minimum atomic E-state index is 0.645. The lowest BCUT2D eigenvalue weighted by Gasteiger charge is -2.21. The molecule has 2 rings (SSSR count). The van der Waals surface area contributed by atoms with Gasteiger partial charge in [0, 0.05) is 13.0 Å². The van der Waals surface area contributed by atoms with Crippen LogP contribution in [-0.4, -0.2) is 9.55 Å². The Balaban J connectivity index is 2.22. The number of aryl methyl sites for hydroxylation is 1. The summed E-state index contributed by atoms with van der Waals surface area (Å²) in [6.07, 6.45) is 8.78. The molecule has 16 heavy (non-hydrogen) atoms. The van der Waals surface area contributed by atoms with Crippen LogP contribution in [0.5, 0.6) is 0 Å². The highest BCUT2D eigenvalue weighted by atomic mass is 15.1. The zero-order chi connectivity index (χ0) is 11.5. The second kappa shape index (κ2) is 4.89. The van der Waals surface area contributed by atoms with Crippen LogP contribution in [-0.2, 0) is 13.5 Å². The maximum atomic E-state index is 6.10. The van der Waals surface area contributed by atoms with Gasteiger partial charge in [-0.2, -0.15) is 0 Å². The lowest BCUT2D eigenvalue weighted by molar-refractivity contribution is 0.421. The molecule has 3 nitrogen and oxygen atoms in total. The molecule has 2 N–H and O–H groups in total. The molecule has 1 aromatic rings. The highest BCUT2D eigenvalue weighted by Gasteiger charge is 2.22. The average molecular weight is 221 g/mol. The van der Waals surface area contributed by atoms with E-state index in [1.54, 1.807) is 0 Å². The van der Waals surface area contributed by atoms with Crippen LogP contribution in [0.4, 0.5) is 5.82 Å². The first-order valence-electron chi connectivity index (χ1n) is 6.55. The number of hydrogen-bond acceptors (Lipinski definition) is 2. The van der Waals surface area contributed by atoms with Gasteiger partial charge >= 0.3 is 0 Å². The van der Waals surface area contributed by atoms with Gasteiger partial charge in [-0.3, -0.25) is 0 Å². The first-order chi connectivity index (χ1) is 7.74. The Bertz CT molecular complexity index is 348. The van der Waals surface area contributed by atoms with Crippen LogP contribution in [0.15, 0.2) is 0 Å². The van der Waals surface area contributed by atoms with E-state index < -0.39 is 0 Å². The zero-order valence-electron chi connectivity index (χ0n) is 10.5. The Hall–Kier alpha value is -0.990. The molecule has 1 aliphatic carbocycles. The van der Waals surface area contributed by atoms with E-state index in [2.05, 4.69) is 18.5 Å². The van der Waals surface area contributed by atoms with E-state index in [0.717, 1.165) is 24.4 Å². The third-order valence-corrected chi connectivity index (χ3v) is 3.71. The first kappa shape index (κ1) is 11.5. The van der Waals surface area contributed by atoms with Gasteiger partial charge in [-0.25, -0.2) is 4.98 Å². The normalized spacial score (nSPS) is 17.9. The van der Waals surface area contributed by atoms with Gasteiger partial charge in [0.2, 0.25) is 0 Å². The van der Waals surface area contributed by atoms with Crippen molar-refractivity contribution in [3.63, 3.8) is 0 Å². The topological polar surface area (TPSA) is 43.8 Å². The predicted octanol–water partition coefficient (Wildman–Crippen LogP) is 3.00. The van der Waals surface area contributed by atoms with E-state index in [0.29, 0.717) is 5.92 Å². The molecule has 0 atom stereocenters. The highest BCUT2D eigenvalue weighted by Crippen LogP contribution is 2.33. The van der Waals surface area contributed by atoms with Gasteiger partial charge in [-0.05, 0) is 19.3 Å². The van der Waals surface area contributed by atoms with Gasteiger partial charge in [-0.1, -0.05) is 32.6 Å². The zero-order valence-corrected chi connectivity index (χ0v) is 10.5. The van der Waals surface area contributed by atoms with Gasteiger partial charge < -0.3 is 10.3 Å². The van der Waals surface area contributed by atoms with Crippen molar-refractivity contribution in [2.75, 3.05) is 5.73 Å². The lowest BCUT2D eigenvalue weighted by atomic mass is 9.89. The Morgan fingerprint density at radius 3 is 2.62 bits per heavy atom. The molecule has 0 amide bonds. The van der Waals surface area contributed by atoms with E-state index in [1.165, 1.54) is 37.9 Å². The third kappa shape index (κ3) is 2.08. The summed E-state index contributed by atoms with van der Waals surface area (Å²) >= 11 is 0. The summed E-state index contributed by atoms with van der Waals surface area (Å²) < 4.78 is 2.11. The molecule has 1 fully saturated rings. The Labute approximate surface area is 98.1 Å². The van der Waals surface area contributed by atoms with Crippen LogP contribution in [0.2, 0.25) is 0 Å². The van der Waals surface area contributed by atoms with Crippen LogP contribution in [0.3, 0.4) is 0 Å². The van der Waals surface area contributed by atoms with Crippen molar-refractivity contribution in [3.05, 3.63) is 11.5 Å². The SMILES string of the molecule is CCCc1nc(C2CCCCC2)n(C)c1N. The van der Waals surface area contributed by atoms with Gasteiger partial charge in [0.05, 0.1) is 5.69 Å². The Morgan fingerprint density at radius 2 is 2.00 bits per heavy atom. The molecule has 0 bridgehead atoms. The number of hydrogen-bond donors (Lipinski definition) is 1. The monoisotopic (exact) mass is 221 g/mol. The summed E-state index contributed by atoms with van der Waals surface area (Å²) in [4.78, 5) is 4.76. The van der Waals surface area contributed by atoms with E-state index in [-0.39, 0.29) is 0 Å². The number of aromatic nitrogens is 2. The number of anilines is 1. The molecule has 0 radical (unpaired) electrons. The maximum Gasteiger partial charge on any atom is 0.126 e. The van der Waals surface area contributed by atoms with Crippen molar-refractivity contribution >= 4 is 5.82 Å². The van der Waals surface area contributed by atoms with Crippen LogP contribution in [0, 0.1) is 0 Å². The van der Waals surface area contributed by atoms with E-state index >= 15 is 0 Å². The van der Waals surface area contributed by atoms with E-state index in [4.69, 9.17) is 10.7 Å². The number of imidazole rings is 1. The summed E-state index contributed by atoms with van der Waals surface area (Å²) in [5.74, 6) is 2.75. The van der Waals surface area contributed by atoms with Gasteiger partial charge in [-0.15, -0.1) is 0 Å². The van der Waals surface area contributed by atoms with Crippen molar-refractivity contribution in [2.24, 2.45) is 7.05 Å². The molecule has 0 aromatic carbocycles. The molecule has 0 spiro atoms. The van der Waals surface area contributed by atoms with Gasteiger partial charge in [0.1, 0.15) is 11.6 Å². The summed E-state index contributed by atoms with van der Waals surface area (Å²) in [7, 11) is 2.06. The molecule has 0 aliphatic heterocycles. The molecule has 90 valence electrons. The summed E-state index contributed by atoms with van der Waals surface area (Å²) in [5, 5.41) is 0. The van der Waals surface area contributed by atoms with Crippen LogP contribution in [0.1, 0.15) is 62.9 Å². The van der Waals surface area contributed by atoms with Crippen molar-refractivity contribution in [1.29, 1.82) is 0 Å². The Morgan fingerprint density at radius 1 is 1.31 bits per heavy atom. The molecule has 0 saturated heterocycles. The molecule has 0 unspecified atom stereocenters. The fraction of sp³-hybridized carbons (Fsp3) is 0.769. The molecule has 3 heteroatoms.